The summed E-state index contributed by atoms with van der Waals surface area (Å²) in [7, 11) is 0. The van der Waals surface area contributed by atoms with Crippen LogP contribution in [0.25, 0.3) is 11.1 Å². The van der Waals surface area contributed by atoms with Crippen molar-refractivity contribution in [1.82, 2.24) is 15.2 Å². The fourth-order valence-corrected chi connectivity index (χ4v) is 3.93. The molecule has 30 heavy (non-hydrogen) atoms. The molecule has 148 valence electrons. The fraction of sp³-hybridized carbons (Fsp3) is 0.125. The molecule has 0 spiro atoms. The predicted octanol–water partition coefficient (Wildman–Crippen LogP) is 4.02. The Hall–Kier alpha value is -3.93. The maximum Gasteiger partial charge on any atom is 0.325 e. The van der Waals surface area contributed by atoms with Gasteiger partial charge in [-0.1, -0.05) is 72.8 Å². The normalized spacial score (nSPS) is 18.7. The van der Waals surface area contributed by atoms with Crippen LogP contribution in [-0.2, 0) is 23.3 Å². The predicted molar refractivity (Wildman–Crippen MR) is 111 cm³/mol. The molecule has 1 aliphatic heterocycles. The maximum absolute atomic E-state index is 13.6. The van der Waals surface area contributed by atoms with Crippen molar-refractivity contribution < 1.29 is 14.0 Å². The summed E-state index contributed by atoms with van der Waals surface area (Å²) < 4.78 is 5.73. The number of rotatable bonds is 5. The molecular weight excluding hydrogens is 378 g/mol. The number of nitrogens with one attached hydrogen (secondary N) is 1. The summed E-state index contributed by atoms with van der Waals surface area (Å²) in [5.41, 5.74) is 1.84. The van der Waals surface area contributed by atoms with Crippen LogP contribution in [0.15, 0.2) is 89.3 Å². The Morgan fingerprint density at radius 2 is 1.53 bits per heavy atom. The van der Waals surface area contributed by atoms with Crippen molar-refractivity contribution in [2.24, 2.45) is 0 Å². The molecule has 0 radical (unpaired) electrons. The standard InChI is InChI=1S/C24H19N3O3/c28-22-24(18-11-5-2-6-12-18,15-17-9-3-1-4-10-17)26-23(29)27(22)16-21-25-19-13-7-8-14-20(19)30-21/h1-14H,15-16H2,(H,26,29)/t24-/m0/s1. The third-order valence-electron chi connectivity index (χ3n) is 5.39. The Morgan fingerprint density at radius 1 is 0.867 bits per heavy atom. The summed E-state index contributed by atoms with van der Waals surface area (Å²) in [5, 5.41) is 2.95. The molecule has 1 saturated heterocycles. The third kappa shape index (κ3) is 3.03. The highest BCUT2D eigenvalue weighted by atomic mass is 16.3. The largest absolute Gasteiger partial charge is 0.439 e. The minimum Gasteiger partial charge on any atom is -0.439 e. The van der Waals surface area contributed by atoms with E-state index in [0.29, 0.717) is 23.4 Å². The van der Waals surface area contributed by atoms with E-state index >= 15 is 0 Å². The first-order chi connectivity index (χ1) is 14.7. The molecule has 6 heteroatoms. The van der Waals surface area contributed by atoms with Gasteiger partial charge in [-0.25, -0.2) is 9.78 Å². The van der Waals surface area contributed by atoms with Gasteiger partial charge in [-0.05, 0) is 23.3 Å². The van der Waals surface area contributed by atoms with Gasteiger partial charge in [0.05, 0.1) is 0 Å². The number of benzene rings is 3. The zero-order chi connectivity index (χ0) is 20.6. The van der Waals surface area contributed by atoms with E-state index in [1.807, 2.05) is 78.9 Å². The molecule has 1 atom stereocenters. The highest BCUT2D eigenvalue weighted by Gasteiger charge is 2.52. The Labute approximate surface area is 173 Å². The van der Waals surface area contributed by atoms with Crippen molar-refractivity contribution in [1.29, 1.82) is 0 Å². The van der Waals surface area contributed by atoms with Crippen LogP contribution in [-0.4, -0.2) is 21.8 Å². The molecular formula is C24H19N3O3. The van der Waals surface area contributed by atoms with Gasteiger partial charge in [-0.3, -0.25) is 9.69 Å². The lowest BCUT2D eigenvalue weighted by Crippen LogP contribution is -2.46. The number of carbonyl (C=O) groups is 2. The number of fused-ring (bicyclic) bond motifs is 1. The van der Waals surface area contributed by atoms with Crippen LogP contribution in [0, 0.1) is 0 Å². The number of amides is 3. The molecule has 5 rings (SSSR count). The van der Waals surface area contributed by atoms with E-state index in [1.165, 1.54) is 4.90 Å². The summed E-state index contributed by atoms with van der Waals surface area (Å²) >= 11 is 0. The molecule has 1 fully saturated rings. The molecule has 3 aromatic carbocycles. The summed E-state index contributed by atoms with van der Waals surface area (Å²) in [5.74, 6) is 0.00748. The minimum absolute atomic E-state index is 0.0251. The van der Waals surface area contributed by atoms with Crippen LogP contribution in [0.5, 0.6) is 0 Å². The number of hydrogen-bond donors (Lipinski definition) is 1. The molecule has 0 saturated carbocycles. The monoisotopic (exact) mass is 397 g/mol. The van der Waals surface area contributed by atoms with Crippen LogP contribution in [0.2, 0.25) is 0 Å². The molecule has 1 aromatic heterocycles. The highest BCUT2D eigenvalue weighted by Crippen LogP contribution is 2.34. The van der Waals surface area contributed by atoms with E-state index in [4.69, 9.17) is 4.42 Å². The van der Waals surface area contributed by atoms with Crippen molar-refractivity contribution >= 4 is 23.0 Å². The molecule has 6 nitrogen and oxygen atoms in total. The quantitative estimate of drug-likeness (QED) is 0.516. The summed E-state index contributed by atoms with van der Waals surface area (Å²) in [4.78, 5) is 32.1. The third-order valence-corrected chi connectivity index (χ3v) is 5.39. The van der Waals surface area contributed by atoms with E-state index < -0.39 is 11.6 Å². The van der Waals surface area contributed by atoms with Crippen LogP contribution in [0.4, 0.5) is 4.79 Å². The highest BCUT2D eigenvalue weighted by molar-refractivity contribution is 6.07. The fourth-order valence-electron chi connectivity index (χ4n) is 3.93. The van der Waals surface area contributed by atoms with E-state index in [0.717, 1.165) is 11.1 Å². The van der Waals surface area contributed by atoms with E-state index in [2.05, 4.69) is 10.3 Å². The van der Waals surface area contributed by atoms with Gasteiger partial charge in [0.25, 0.3) is 5.91 Å². The molecule has 4 aromatic rings. The summed E-state index contributed by atoms with van der Waals surface area (Å²) in [6.07, 6.45) is 0.354. The van der Waals surface area contributed by atoms with E-state index in [9.17, 15) is 9.59 Å². The lowest BCUT2D eigenvalue weighted by molar-refractivity contribution is -0.132. The molecule has 1 N–H and O–H groups in total. The second-order valence-corrected chi connectivity index (χ2v) is 7.33. The van der Waals surface area contributed by atoms with Gasteiger partial charge < -0.3 is 9.73 Å². The van der Waals surface area contributed by atoms with Crippen molar-refractivity contribution in [3.05, 3.63) is 102 Å². The van der Waals surface area contributed by atoms with Crippen molar-refractivity contribution in [3.8, 4) is 0 Å². The zero-order valence-corrected chi connectivity index (χ0v) is 16.1. The molecule has 1 aliphatic rings. The second-order valence-electron chi connectivity index (χ2n) is 7.33. The number of aromatic nitrogens is 1. The van der Waals surface area contributed by atoms with Gasteiger partial charge in [0.2, 0.25) is 5.89 Å². The molecule has 0 unspecified atom stereocenters. The Balaban J connectivity index is 1.52. The Kier molecular flexibility index (Phi) is 4.32. The topological polar surface area (TPSA) is 75.4 Å². The first-order valence-electron chi connectivity index (χ1n) is 9.74. The molecule has 3 amide bonds. The SMILES string of the molecule is O=C1N[C@@](Cc2ccccc2)(c2ccccc2)C(=O)N1Cc1nc2ccccc2o1. The minimum atomic E-state index is -1.17. The average Bonchev–Trinajstić information content (AvgIpc) is 3.29. The number of carbonyl (C=O) groups excluding carboxylic acids is 2. The zero-order valence-electron chi connectivity index (χ0n) is 16.1. The number of hydrogen-bond acceptors (Lipinski definition) is 4. The smallest absolute Gasteiger partial charge is 0.325 e. The van der Waals surface area contributed by atoms with Gasteiger partial charge in [0.15, 0.2) is 11.1 Å². The Morgan fingerprint density at radius 3 is 2.27 bits per heavy atom. The number of oxazole rings is 1. The second kappa shape index (κ2) is 7.15. The average molecular weight is 397 g/mol. The van der Waals surface area contributed by atoms with Crippen molar-refractivity contribution in [2.75, 3.05) is 0 Å². The number of nitrogens with zero attached hydrogens (tertiary/aromatic N) is 2. The van der Waals surface area contributed by atoms with Crippen molar-refractivity contribution in [3.63, 3.8) is 0 Å². The van der Waals surface area contributed by atoms with Crippen molar-refractivity contribution in [2.45, 2.75) is 18.5 Å². The van der Waals surface area contributed by atoms with Gasteiger partial charge in [0, 0.05) is 6.42 Å². The number of imide groups is 1. The van der Waals surface area contributed by atoms with Gasteiger partial charge in [-0.15, -0.1) is 0 Å². The van der Waals surface area contributed by atoms with Crippen LogP contribution in [0.3, 0.4) is 0 Å². The summed E-state index contributed by atoms with van der Waals surface area (Å²) in [6, 6.07) is 25.9. The van der Waals surface area contributed by atoms with Gasteiger partial charge in [0.1, 0.15) is 12.1 Å². The van der Waals surface area contributed by atoms with E-state index in [1.54, 1.807) is 6.07 Å². The first-order valence-corrected chi connectivity index (χ1v) is 9.74. The summed E-state index contributed by atoms with van der Waals surface area (Å²) in [6.45, 7) is -0.0251. The van der Waals surface area contributed by atoms with Gasteiger partial charge in [-0.2, -0.15) is 0 Å². The Bertz CT molecular complexity index is 1190. The molecule has 0 aliphatic carbocycles. The van der Waals surface area contributed by atoms with E-state index in [-0.39, 0.29) is 12.5 Å². The lowest BCUT2D eigenvalue weighted by atomic mass is 9.83. The van der Waals surface area contributed by atoms with Crippen LogP contribution >= 0.6 is 0 Å². The number of urea groups is 1. The molecule has 0 bridgehead atoms. The lowest BCUT2D eigenvalue weighted by Gasteiger charge is -2.27. The first kappa shape index (κ1) is 18.1. The maximum atomic E-state index is 13.6. The van der Waals surface area contributed by atoms with Crippen LogP contribution in [0.1, 0.15) is 17.0 Å². The van der Waals surface area contributed by atoms with Gasteiger partial charge >= 0.3 is 6.03 Å². The molecule has 2 heterocycles. The van der Waals surface area contributed by atoms with Crippen LogP contribution < -0.4 is 5.32 Å². The number of para-hydroxylation sites is 2.